The van der Waals surface area contributed by atoms with E-state index in [1.54, 1.807) is 0 Å². The third-order valence-electron chi connectivity index (χ3n) is 3.24. The Balaban J connectivity index is 2.26. The number of halogens is 1. The molecule has 0 fully saturated rings. The first-order chi connectivity index (χ1) is 10.0. The summed E-state index contributed by atoms with van der Waals surface area (Å²) in [4.78, 5) is 12.5. The van der Waals surface area contributed by atoms with E-state index >= 15 is 0 Å². The topological polar surface area (TPSA) is 46.1 Å². The number of para-hydroxylation sites is 1. The molecule has 2 aromatic rings. The first kappa shape index (κ1) is 15.8. The summed E-state index contributed by atoms with van der Waals surface area (Å²) in [5.41, 5.74) is 2.55. The summed E-state index contributed by atoms with van der Waals surface area (Å²) in [5, 5.41) is 6.11. The molecule has 0 aliphatic carbocycles. The van der Waals surface area contributed by atoms with E-state index in [0.29, 0.717) is 12.2 Å². The molecule has 0 saturated heterocycles. The lowest BCUT2D eigenvalue weighted by Crippen LogP contribution is -2.19. The molecule has 1 aromatic heterocycles. The highest BCUT2D eigenvalue weighted by Gasteiger charge is 2.16. The number of aromatic nitrogens is 1. The zero-order valence-corrected chi connectivity index (χ0v) is 14.1. The van der Waals surface area contributed by atoms with Crippen molar-refractivity contribution in [3.8, 4) is 0 Å². The predicted molar refractivity (Wildman–Crippen MR) is 89.7 cm³/mol. The van der Waals surface area contributed by atoms with Crippen molar-refractivity contribution in [2.24, 2.45) is 0 Å². The minimum Gasteiger partial charge on any atom is -0.340 e. The van der Waals surface area contributed by atoms with Crippen LogP contribution in [0.4, 0.5) is 5.69 Å². The van der Waals surface area contributed by atoms with E-state index in [2.05, 4.69) is 40.4 Å². The fourth-order valence-electron chi connectivity index (χ4n) is 2.23. The minimum absolute atomic E-state index is 0.0991. The van der Waals surface area contributed by atoms with Crippen LogP contribution < -0.4 is 10.6 Å². The molecular formula is C16H20BrN3O. The highest BCUT2D eigenvalue weighted by atomic mass is 79.9. The third kappa shape index (κ3) is 3.74. The molecule has 1 aromatic carbocycles. The lowest BCUT2D eigenvalue weighted by molar-refractivity contribution is 0.101. The van der Waals surface area contributed by atoms with E-state index in [4.69, 9.17) is 0 Å². The molecule has 21 heavy (non-hydrogen) atoms. The summed E-state index contributed by atoms with van der Waals surface area (Å²) in [5.74, 6) is -0.0991. The minimum atomic E-state index is -0.0991. The van der Waals surface area contributed by atoms with Gasteiger partial charge in [-0.25, -0.2) is 0 Å². The number of hydrogen-bond donors (Lipinski definition) is 2. The summed E-state index contributed by atoms with van der Waals surface area (Å²) < 4.78 is 2.87. The summed E-state index contributed by atoms with van der Waals surface area (Å²) in [7, 11) is 1.89. The number of benzene rings is 1. The summed E-state index contributed by atoms with van der Waals surface area (Å²) in [6, 6.07) is 9.88. The highest BCUT2D eigenvalue weighted by Crippen LogP contribution is 2.21. The number of rotatable bonds is 5. The van der Waals surface area contributed by atoms with Crippen LogP contribution in [0.5, 0.6) is 0 Å². The van der Waals surface area contributed by atoms with Gasteiger partial charge in [-0.15, -0.1) is 0 Å². The molecule has 0 bridgehead atoms. The van der Waals surface area contributed by atoms with Gasteiger partial charge in [-0.1, -0.05) is 18.2 Å². The fourth-order valence-corrected chi connectivity index (χ4v) is 2.67. The number of nitrogens with one attached hydrogen (secondary N) is 2. The van der Waals surface area contributed by atoms with Gasteiger partial charge in [0.15, 0.2) is 0 Å². The standard InChI is InChI=1S/C16H20BrN3O/c1-11(2)20-10-13(17)8-15(20)16(21)19-14-7-5-4-6-12(14)9-18-3/h4-8,10-11,18H,9H2,1-3H3,(H,19,21). The van der Waals surface area contributed by atoms with Gasteiger partial charge in [0.1, 0.15) is 5.69 Å². The number of carbonyl (C=O) groups is 1. The Labute approximate surface area is 133 Å². The SMILES string of the molecule is CNCc1ccccc1NC(=O)c1cc(Br)cn1C(C)C. The molecular weight excluding hydrogens is 330 g/mol. The summed E-state index contributed by atoms with van der Waals surface area (Å²) in [6.07, 6.45) is 1.93. The van der Waals surface area contributed by atoms with Crippen LogP contribution in [-0.2, 0) is 6.54 Å². The van der Waals surface area contributed by atoms with Crippen molar-refractivity contribution < 1.29 is 4.79 Å². The molecule has 0 radical (unpaired) electrons. The van der Waals surface area contributed by atoms with E-state index in [1.165, 1.54) is 0 Å². The van der Waals surface area contributed by atoms with Crippen LogP contribution in [0.3, 0.4) is 0 Å². The van der Waals surface area contributed by atoms with Crippen LogP contribution in [-0.4, -0.2) is 17.5 Å². The van der Waals surface area contributed by atoms with Crippen LogP contribution in [0.1, 0.15) is 35.9 Å². The zero-order chi connectivity index (χ0) is 15.4. The largest absolute Gasteiger partial charge is 0.340 e. The Morgan fingerprint density at radius 1 is 1.33 bits per heavy atom. The predicted octanol–water partition coefficient (Wildman–Crippen LogP) is 3.80. The molecule has 112 valence electrons. The zero-order valence-electron chi connectivity index (χ0n) is 12.5. The Morgan fingerprint density at radius 2 is 2.05 bits per heavy atom. The lowest BCUT2D eigenvalue weighted by atomic mass is 10.1. The second-order valence-electron chi connectivity index (χ2n) is 5.19. The number of carbonyl (C=O) groups excluding carboxylic acids is 1. The van der Waals surface area contributed by atoms with E-state index in [-0.39, 0.29) is 11.9 Å². The molecule has 1 heterocycles. The van der Waals surface area contributed by atoms with Crippen LogP contribution >= 0.6 is 15.9 Å². The average molecular weight is 350 g/mol. The molecule has 0 atom stereocenters. The van der Waals surface area contributed by atoms with E-state index in [1.807, 2.05) is 48.1 Å². The molecule has 0 unspecified atom stereocenters. The number of hydrogen-bond acceptors (Lipinski definition) is 2. The van der Waals surface area contributed by atoms with Gasteiger partial charge >= 0.3 is 0 Å². The Bertz CT molecular complexity index is 634. The Morgan fingerprint density at radius 3 is 2.71 bits per heavy atom. The van der Waals surface area contributed by atoms with Gasteiger partial charge in [-0.2, -0.15) is 0 Å². The maximum atomic E-state index is 12.5. The third-order valence-corrected chi connectivity index (χ3v) is 3.67. The number of nitrogens with zero attached hydrogens (tertiary/aromatic N) is 1. The van der Waals surface area contributed by atoms with Crippen molar-refractivity contribution >= 4 is 27.5 Å². The molecule has 0 saturated carbocycles. The van der Waals surface area contributed by atoms with Crippen LogP contribution in [0, 0.1) is 0 Å². The molecule has 2 N–H and O–H groups in total. The maximum Gasteiger partial charge on any atom is 0.272 e. The normalized spacial score (nSPS) is 10.9. The number of anilines is 1. The molecule has 2 rings (SSSR count). The van der Waals surface area contributed by atoms with Crippen molar-refractivity contribution in [2.45, 2.75) is 26.4 Å². The first-order valence-electron chi connectivity index (χ1n) is 6.94. The lowest BCUT2D eigenvalue weighted by Gasteiger charge is -2.14. The molecule has 5 heteroatoms. The van der Waals surface area contributed by atoms with Gasteiger partial charge < -0.3 is 15.2 Å². The average Bonchev–Trinajstić information content (AvgIpc) is 2.84. The van der Waals surface area contributed by atoms with Crippen molar-refractivity contribution in [1.29, 1.82) is 0 Å². The summed E-state index contributed by atoms with van der Waals surface area (Å²) >= 11 is 3.43. The summed E-state index contributed by atoms with van der Waals surface area (Å²) in [6.45, 7) is 4.82. The van der Waals surface area contributed by atoms with Gasteiger partial charge in [-0.05, 0) is 54.5 Å². The van der Waals surface area contributed by atoms with Gasteiger partial charge in [0.2, 0.25) is 0 Å². The number of amides is 1. The molecule has 0 aliphatic rings. The van der Waals surface area contributed by atoms with Crippen LogP contribution in [0.2, 0.25) is 0 Å². The Hall–Kier alpha value is -1.59. The smallest absolute Gasteiger partial charge is 0.272 e. The quantitative estimate of drug-likeness (QED) is 0.862. The highest BCUT2D eigenvalue weighted by molar-refractivity contribution is 9.10. The van der Waals surface area contributed by atoms with Crippen molar-refractivity contribution in [3.05, 3.63) is 52.3 Å². The van der Waals surface area contributed by atoms with E-state index in [0.717, 1.165) is 15.7 Å². The van der Waals surface area contributed by atoms with Gasteiger partial charge in [0, 0.05) is 28.9 Å². The monoisotopic (exact) mass is 349 g/mol. The van der Waals surface area contributed by atoms with Crippen molar-refractivity contribution in [2.75, 3.05) is 12.4 Å². The second kappa shape index (κ2) is 6.91. The second-order valence-corrected chi connectivity index (χ2v) is 6.10. The van der Waals surface area contributed by atoms with E-state index in [9.17, 15) is 4.79 Å². The molecule has 0 spiro atoms. The maximum absolute atomic E-state index is 12.5. The van der Waals surface area contributed by atoms with Gasteiger partial charge in [0.25, 0.3) is 5.91 Å². The van der Waals surface area contributed by atoms with E-state index < -0.39 is 0 Å². The fraction of sp³-hybridized carbons (Fsp3) is 0.312. The van der Waals surface area contributed by atoms with Crippen LogP contribution in [0.15, 0.2) is 41.0 Å². The van der Waals surface area contributed by atoms with Gasteiger partial charge in [-0.3, -0.25) is 4.79 Å². The van der Waals surface area contributed by atoms with Crippen molar-refractivity contribution in [3.63, 3.8) is 0 Å². The van der Waals surface area contributed by atoms with Crippen LogP contribution in [0.25, 0.3) is 0 Å². The Kier molecular flexibility index (Phi) is 5.20. The van der Waals surface area contributed by atoms with Crippen molar-refractivity contribution in [1.82, 2.24) is 9.88 Å². The first-order valence-corrected chi connectivity index (χ1v) is 7.73. The molecule has 4 nitrogen and oxygen atoms in total. The molecule has 1 amide bonds. The molecule has 0 aliphatic heterocycles. The van der Waals surface area contributed by atoms with Gasteiger partial charge in [0.05, 0.1) is 0 Å².